The molecule has 0 aliphatic heterocycles. The molecule has 24 heavy (non-hydrogen) atoms. The van der Waals surface area contributed by atoms with Crippen LogP contribution in [0.2, 0.25) is 0 Å². The van der Waals surface area contributed by atoms with Crippen LogP contribution in [0.5, 0.6) is 0 Å². The smallest absolute Gasteiger partial charge is 0.136 e. The summed E-state index contributed by atoms with van der Waals surface area (Å²) >= 11 is 0. The average molecular weight is 305 g/mol. The molecule has 0 unspecified atom stereocenters. The molecule has 110 valence electrons. The van der Waals surface area contributed by atoms with Crippen molar-refractivity contribution in [3.05, 3.63) is 94.8 Å². The first kappa shape index (κ1) is 15.0. The van der Waals surface area contributed by atoms with E-state index in [2.05, 4.69) is 39.9 Å². The van der Waals surface area contributed by atoms with Crippen molar-refractivity contribution in [2.24, 2.45) is 0 Å². The van der Waals surface area contributed by atoms with Crippen LogP contribution in [0.1, 0.15) is 27.9 Å². The molecule has 0 spiro atoms. The van der Waals surface area contributed by atoms with Crippen LogP contribution in [0.15, 0.2) is 66.9 Å². The summed E-state index contributed by atoms with van der Waals surface area (Å²) in [6, 6.07) is 20.7. The van der Waals surface area contributed by atoms with Crippen LogP contribution in [-0.4, -0.2) is 10.2 Å². The zero-order valence-electron chi connectivity index (χ0n) is 12.7. The molecular formula is C21H11N3. The van der Waals surface area contributed by atoms with Gasteiger partial charge in [0.1, 0.15) is 11.8 Å². The van der Waals surface area contributed by atoms with Crippen molar-refractivity contribution < 1.29 is 0 Å². The Bertz CT molecular complexity index is 1020. The summed E-state index contributed by atoms with van der Waals surface area (Å²) in [5, 5.41) is 16.9. The molecule has 0 atom stereocenters. The van der Waals surface area contributed by atoms with Gasteiger partial charge in [0.2, 0.25) is 0 Å². The number of nitrogens with zero attached hydrogens (tertiary/aromatic N) is 3. The minimum Gasteiger partial charge on any atom is -0.192 e. The van der Waals surface area contributed by atoms with E-state index in [0.717, 1.165) is 11.1 Å². The minimum absolute atomic E-state index is 0.563. The maximum atomic E-state index is 9.13. The monoisotopic (exact) mass is 305 g/mol. The van der Waals surface area contributed by atoms with E-state index in [9.17, 15) is 0 Å². The van der Waals surface area contributed by atoms with Crippen molar-refractivity contribution in [1.82, 2.24) is 10.2 Å². The molecule has 0 bridgehead atoms. The number of hydrogen-bond donors (Lipinski definition) is 0. The first-order chi connectivity index (χ1) is 11.9. The van der Waals surface area contributed by atoms with Gasteiger partial charge < -0.3 is 0 Å². The van der Waals surface area contributed by atoms with Crippen LogP contribution in [-0.2, 0) is 0 Å². The van der Waals surface area contributed by atoms with Gasteiger partial charge in [-0.25, -0.2) is 0 Å². The third-order valence-electron chi connectivity index (χ3n) is 3.20. The molecule has 3 aromatic rings. The first-order valence-corrected chi connectivity index (χ1v) is 7.27. The lowest BCUT2D eigenvalue weighted by atomic mass is 10.1. The van der Waals surface area contributed by atoms with Gasteiger partial charge in [0.15, 0.2) is 0 Å². The maximum absolute atomic E-state index is 9.13. The van der Waals surface area contributed by atoms with Crippen molar-refractivity contribution in [3.8, 4) is 29.8 Å². The van der Waals surface area contributed by atoms with Gasteiger partial charge in [-0.05, 0) is 42.3 Å². The Balaban J connectivity index is 1.96. The van der Waals surface area contributed by atoms with E-state index in [4.69, 9.17) is 5.26 Å². The Morgan fingerprint density at radius 2 is 1.17 bits per heavy atom. The lowest BCUT2D eigenvalue weighted by Gasteiger charge is -1.96. The molecule has 3 rings (SSSR count). The molecule has 0 radical (unpaired) electrons. The summed E-state index contributed by atoms with van der Waals surface area (Å²) in [5.41, 5.74) is 3.49. The molecule has 0 aliphatic carbocycles. The minimum atomic E-state index is 0.563. The highest BCUT2D eigenvalue weighted by Gasteiger charge is 1.98. The molecule has 0 amide bonds. The highest BCUT2D eigenvalue weighted by atomic mass is 15.1. The van der Waals surface area contributed by atoms with Crippen LogP contribution in [0.25, 0.3) is 0 Å². The molecule has 3 heteroatoms. The zero-order chi connectivity index (χ0) is 16.6. The van der Waals surface area contributed by atoms with Gasteiger partial charge in [0.05, 0.1) is 5.56 Å². The van der Waals surface area contributed by atoms with Crippen LogP contribution in [0.4, 0.5) is 0 Å². The summed E-state index contributed by atoms with van der Waals surface area (Å²) in [6.45, 7) is 0. The fraction of sp³-hybridized carbons (Fsp3) is 0. The molecule has 1 aromatic heterocycles. The Labute approximate surface area is 140 Å². The highest BCUT2D eigenvalue weighted by molar-refractivity contribution is 5.56. The summed E-state index contributed by atoms with van der Waals surface area (Å²) < 4.78 is 0. The second kappa shape index (κ2) is 7.41. The summed E-state index contributed by atoms with van der Waals surface area (Å²) in [7, 11) is 0. The summed E-state index contributed by atoms with van der Waals surface area (Å²) in [6.07, 6.45) is 1.61. The number of benzene rings is 2. The van der Waals surface area contributed by atoms with Gasteiger partial charge in [-0.15, -0.1) is 5.10 Å². The predicted molar refractivity (Wildman–Crippen MR) is 91.6 cm³/mol. The maximum Gasteiger partial charge on any atom is 0.136 e. The molecule has 0 N–H and O–H groups in total. The average Bonchev–Trinajstić information content (AvgIpc) is 2.66. The van der Waals surface area contributed by atoms with Gasteiger partial charge >= 0.3 is 0 Å². The van der Waals surface area contributed by atoms with Crippen LogP contribution < -0.4 is 0 Å². The number of hydrogen-bond acceptors (Lipinski definition) is 3. The fourth-order valence-electron chi connectivity index (χ4n) is 2.02. The lowest BCUT2D eigenvalue weighted by molar-refractivity contribution is 1.01. The molecule has 0 aliphatic rings. The molecule has 1 heterocycles. The molecule has 0 saturated heterocycles. The van der Waals surface area contributed by atoms with Crippen molar-refractivity contribution in [2.45, 2.75) is 0 Å². The van der Waals surface area contributed by atoms with Crippen LogP contribution in [0, 0.1) is 35.0 Å². The number of nitriles is 1. The van der Waals surface area contributed by atoms with Crippen molar-refractivity contribution in [3.63, 3.8) is 0 Å². The van der Waals surface area contributed by atoms with Gasteiger partial charge in [0.25, 0.3) is 0 Å². The van der Waals surface area contributed by atoms with Crippen LogP contribution in [0.3, 0.4) is 0 Å². The van der Waals surface area contributed by atoms with Crippen LogP contribution >= 0.6 is 0 Å². The predicted octanol–water partition coefficient (Wildman–Crippen LogP) is 3.15. The third-order valence-corrected chi connectivity index (χ3v) is 3.20. The second-order valence-corrected chi connectivity index (χ2v) is 4.81. The van der Waals surface area contributed by atoms with E-state index in [1.165, 1.54) is 0 Å². The van der Waals surface area contributed by atoms with E-state index in [-0.39, 0.29) is 0 Å². The van der Waals surface area contributed by atoms with E-state index in [1.807, 2.05) is 42.5 Å². The van der Waals surface area contributed by atoms with E-state index in [1.54, 1.807) is 24.4 Å². The molecule has 0 fully saturated rings. The van der Waals surface area contributed by atoms with Crippen molar-refractivity contribution in [1.29, 1.82) is 5.26 Å². The Morgan fingerprint density at radius 1 is 0.625 bits per heavy atom. The summed E-state index contributed by atoms with van der Waals surface area (Å²) in [5.74, 6) is 12.2. The van der Waals surface area contributed by atoms with Gasteiger partial charge in [0, 0.05) is 22.9 Å². The van der Waals surface area contributed by atoms with E-state index in [0.29, 0.717) is 16.8 Å². The van der Waals surface area contributed by atoms with Gasteiger partial charge in [-0.2, -0.15) is 10.4 Å². The largest absolute Gasteiger partial charge is 0.192 e. The topological polar surface area (TPSA) is 49.6 Å². The molecule has 2 aromatic carbocycles. The van der Waals surface area contributed by atoms with Gasteiger partial charge in [-0.1, -0.05) is 42.0 Å². The Kier molecular flexibility index (Phi) is 4.64. The second-order valence-electron chi connectivity index (χ2n) is 4.81. The number of rotatable bonds is 0. The van der Waals surface area contributed by atoms with Crippen molar-refractivity contribution >= 4 is 0 Å². The SMILES string of the molecule is N#Cc1ccccc1C#Cc1ccccc1C#Cc1cccnn1. The Morgan fingerprint density at radius 3 is 1.71 bits per heavy atom. The Hall–Kier alpha value is -3.87. The third kappa shape index (κ3) is 3.66. The van der Waals surface area contributed by atoms with Crippen molar-refractivity contribution in [2.75, 3.05) is 0 Å². The summed E-state index contributed by atoms with van der Waals surface area (Å²) in [4.78, 5) is 0. The van der Waals surface area contributed by atoms with Gasteiger partial charge in [-0.3, -0.25) is 0 Å². The standard InChI is InChI=1S/C21H11N3/c22-16-20-9-4-3-8-19(20)12-11-17-6-1-2-7-18(17)13-14-21-10-5-15-23-24-21/h1-10,15H. The molecule has 3 nitrogen and oxygen atoms in total. The molecule has 0 saturated carbocycles. The highest BCUT2D eigenvalue weighted by Crippen LogP contribution is 2.09. The first-order valence-electron chi connectivity index (χ1n) is 7.27. The van der Waals surface area contributed by atoms with E-state index >= 15 is 0 Å². The fourth-order valence-corrected chi connectivity index (χ4v) is 2.02. The lowest BCUT2D eigenvalue weighted by Crippen LogP contribution is -1.87. The zero-order valence-corrected chi connectivity index (χ0v) is 12.7. The normalized spacial score (nSPS) is 8.96. The molecular weight excluding hydrogens is 294 g/mol. The quantitative estimate of drug-likeness (QED) is 0.599. The van der Waals surface area contributed by atoms with E-state index < -0.39 is 0 Å². The number of aromatic nitrogens is 2.